The second-order valence-electron chi connectivity index (χ2n) is 7.10. The summed E-state index contributed by atoms with van der Waals surface area (Å²) in [5.74, 6) is 0.829. The van der Waals surface area contributed by atoms with Gasteiger partial charge in [-0.3, -0.25) is 0 Å². The summed E-state index contributed by atoms with van der Waals surface area (Å²) in [6, 6.07) is 16.0. The van der Waals surface area contributed by atoms with Crippen LogP contribution in [0.1, 0.15) is 13.8 Å². The third kappa shape index (κ3) is 4.13. The molecule has 0 bridgehead atoms. The molecule has 2 aromatic heterocycles. The largest absolute Gasteiger partial charge is 0.489 e. The highest BCUT2D eigenvalue weighted by Crippen LogP contribution is 2.31. The smallest absolute Gasteiger partial charge is 0.120 e. The van der Waals surface area contributed by atoms with Crippen LogP contribution in [0.25, 0.3) is 33.1 Å². The molecule has 0 saturated heterocycles. The molecule has 0 radical (unpaired) electrons. The molecule has 4 aromatic rings. The van der Waals surface area contributed by atoms with Gasteiger partial charge >= 0.3 is 0 Å². The Labute approximate surface area is 176 Å². The van der Waals surface area contributed by atoms with E-state index in [1.165, 1.54) is 0 Å². The second kappa shape index (κ2) is 8.70. The van der Waals surface area contributed by atoms with E-state index >= 15 is 0 Å². The van der Waals surface area contributed by atoms with Crippen molar-refractivity contribution < 1.29 is 4.74 Å². The second-order valence-corrected chi connectivity index (χ2v) is 7.10. The third-order valence-corrected chi connectivity index (χ3v) is 5.03. The van der Waals surface area contributed by atoms with Gasteiger partial charge in [0, 0.05) is 33.7 Å². The molecule has 30 heavy (non-hydrogen) atoms. The zero-order chi connectivity index (χ0) is 20.9. The Morgan fingerprint density at radius 1 is 1.07 bits per heavy atom. The molecular weight excluding hydrogens is 370 g/mol. The molecule has 0 saturated carbocycles. The third-order valence-electron chi connectivity index (χ3n) is 5.03. The van der Waals surface area contributed by atoms with Crippen LogP contribution < -0.4 is 10.5 Å². The lowest BCUT2D eigenvalue weighted by atomic mass is 10.1. The number of allylic oxidation sites excluding steroid dienone is 4. The summed E-state index contributed by atoms with van der Waals surface area (Å²) in [6.45, 7) is 4.54. The number of benzene rings is 2. The summed E-state index contributed by atoms with van der Waals surface area (Å²) in [5, 5.41) is 2.12. The van der Waals surface area contributed by atoms with Crippen LogP contribution in [0.5, 0.6) is 5.75 Å². The zero-order valence-corrected chi connectivity index (χ0v) is 17.2. The molecule has 2 heterocycles. The first-order valence-electron chi connectivity index (χ1n) is 10.0. The summed E-state index contributed by atoms with van der Waals surface area (Å²) in [6.07, 6.45) is 12.1. The van der Waals surface area contributed by atoms with Crippen molar-refractivity contribution in [3.63, 3.8) is 0 Å². The molecule has 0 amide bonds. The lowest BCUT2D eigenvalue weighted by molar-refractivity contribution is 0.356. The average molecular weight is 396 g/mol. The molecule has 0 unspecified atom stereocenters. The highest BCUT2D eigenvalue weighted by atomic mass is 16.5. The normalized spacial score (nSPS) is 12.5. The Morgan fingerprint density at radius 3 is 2.80 bits per heavy atom. The molecule has 2 aromatic carbocycles. The number of nitrogens with two attached hydrogens (primary N) is 1. The van der Waals surface area contributed by atoms with Gasteiger partial charge in [-0.2, -0.15) is 0 Å². The number of aromatic amines is 1. The van der Waals surface area contributed by atoms with Crippen molar-refractivity contribution in [2.45, 2.75) is 13.8 Å². The van der Waals surface area contributed by atoms with Crippen LogP contribution in [0.3, 0.4) is 0 Å². The number of rotatable bonds is 6. The highest BCUT2D eigenvalue weighted by Gasteiger charge is 2.10. The highest BCUT2D eigenvalue weighted by molar-refractivity contribution is 5.96. The minimum absolute atomic E-state index is 0.519. The van der Waals surface area contributed by atoms with Crippen molar-refractivity contribution >= 4 is 27.5 Å². The number of ether oxygens (including phenoxy) is 1. The molecule has 4 nitrogen and oxygen atoms in total. The van der Waals surface area contributed by atoms with E-state index in [0.29, 0.717) is 6.61 Å². The first kappa shape index (κ1) is 19.5. The number of nitrogens with one attached hydrogen (secondary N) is 1. The first-order valence-corrected chi connectivity index (χ1v) is 10.0. The standard InChI is InChI=1S/C26H25N3O/c1-3-5-6-7-18(4-2)17-30-21-10-13-25-22(15-21)23(16-28-25)26-11-8-19-14-20(27)9-12-24(19)29-26/h3-16,28H,17,27H2,1-2H3/b5-3-,7-6-,18-4+. The lowest BCUT2D eigenvalue weighted by Gasteiger charge is -2.08. The first-order chi connectivity index (χ1) is 14.7. The van der Waals surface area contributed by atoms with Crippen molar-refractivity contribution in [2.24, 2.45) is 0 Å². The number of hydrogen-bond donors (Lipinski definition) is 2. The van der Waals surface area contributed by atoms with Crippen LogP contribution in [0.15, 0.2) is 90.7 Å². The van der Waals surface area contributed by atoms with Gasteiger partial charge in [0.25, 0.3) is 0 Å². The van der Waals surface area contributed by atoms with E-state index in [-0.39, 0.29) is 0 Å². The van der Waals surface area contributed by atoms with Crippen molar-refractivity contribution in [3.8, 4) is 17.0 Å². The molecule has 150 valence electrons. The number of nitrogen functional groups attached to an aromatic ring is 1. The molecule has 0 spiro atoms. The van der Waals surface area contributed by atoms with E-state index in [0.717, 1.165) is 50.1 Å². The van der Waals surface area contributed by atoms with Gasteiger partial charge in [-0.25, -0.2) is 4.98 Å². The maximum absolute atomic E-state index is 6.05. The monoisotopic (exact) mass is 395 g/mol. The van der Waals surface area contributed by atoms with E-state index in [9.17, 15) is 0 Å². The summed E-state index contributed by atoms with van der Waals surface area (Å²) in [5.41, 5.74) is 11.7. The number of anilines is 1. The maximum atomic E-state index is 6.05. The van der Waals surface area contributed by atoms with E-state index < -0.39 is 0 Å². The average Bonchev–Trinajstić information content (AvgIpc) is 3.19. The number of aromatic nitrogens is 2. The van der Waals surface area contributed by atoms with Crippen LogP contribution in [-0.2, 0) is 0 Å². The SMILES string of the molecule is C\C=C/C=C\C(=C/C)COc1ccc2[nH]cc(-c3ccc4cc(N)ccc4n3)c2c1. The maximum Gasteiger partial charge on any atom is 0.120 e. The van der Waals surface area contributed by atoms with Gasteiger partial charge in [0.2, 0.25) is 0 Å². The summed E-state index contributed by atoms with van der Waals surface area (Å²) >= 11 is 0. The van der Waals surface area contributed by atoms with Crippen LogP contribution in [0.4, 0.5) is 5.69 Å². The van der Waals surface area contributed by atoms with E-state index in [1.807, 2.05) is 74.7 Å². The van der Waals surface area contributed by atoms with Crippen molar-refractivity contribution in [2.75, 3.05) is 12.3 Å². The topological polar surface area (TPSA) is 63.9 Å². The molecule has 0 aliphatic heterocycles. The molecule has 4 heteroatoms. The van der Waals surface area contributed by atoms with Crippen LogP contribution in [0.2, 0.25) is 0 Å². The summed E-state index contributed by atoms with van der Waals surface area (Å²) in [4.78, 5) is 8.16. The van der Waals surface area contributed by atoms with Crippen LogP contribution in [0, 0.1) is 0 Å². The van der Waals surface area contributed by atoms with Crippen LogP contribution in [-0.4, -0.2) is 16.6 Å². The number of pyridine rings is 1. The van der Waals surface area contributed by atoms with Crippen molar-refractivity contribution in [1.29, 1.82) is 0 Å². The fraction of sp³-hybridized carbons (Fsp3) is 0.115. The Hall–Kier alpha value is -3.79. The number of hydrogen-bond acceptors (Lipinski definition) is 3. The molecular formula is C26H25N3O. The van der Waals surface area contributed by atoms with Gasteiger partial charge in [-0.1, -0.05) is 36.4 Å². The van der Waals surface area contributed by atoms with Gasteiger partial charge in [0.15, 0.2) is 0 Å². The summed E-state index contributed by atoms with van der Waals surface area (Å²) in [7, 11) is 0. The Bertz CT molecular complexity index is 1280. The minimum Gasteiger partial charge on any atom is -0.489 e. The molecule has 0 atom stereocenters. The van der Waals surface area contributed by atoms with Gasteiger partial charge in [-0.05, 0) is 61.9 Å². The number of nitrogens with zero attached hydrogens (tertiary/aromatic N) is 1. The summed E-state index contributed by atoms with van der Waals surface area (Å²) < 4.78 is 6.05. The van der Waals surface area contributed by atoms with Gasteiger partial charge in [0.05, 0.1) is 11.2 Å². The lowest BCUT2D eigenvalue weighted by Crippen LogP contribution is -1.99. The van der Waals surface area contributed by atoms with Gasteiger partial charge < -0.3 is 15.5 Å². The van der Waals surface area contributed by atoms with Gasteiger partial charge in [0.1, 0.15) is 12.4 Å². The van der Waals surface area contributed by atoms with Crippen molar-refractivity contribution in [3.05, 3.63) is 90.7 Å². The zero-order valence-electron chi connectivity index (χ0n) is 17.2. The Balaban J connectivity index is 1.62. The number of H-pyrrole nitrogens is 1. The van der Waals surface area contributed by atoms with Gasteiger partial charge in [-0.15, -0.1) is 0 Å². The molecule has 0 aliphatic rings. The van der Waals surface area contributed by atoms with E-state index in [2.05, 4.69) is 29.3 Å². The van der Waals surface area contributed by atoms with Crippen LogP contribution >= 0.6 is 0 Å². The fourth-order valence-corrected chi connectivity index (χ4v) is 3.38. The van der Waals surface area contributed by atoms with Crippen molar-refractivity contribution in [1.82, 2.24) is 9.97 Å². The number of fused-ring (bicyclic) bond motifs is 2. The van der Waals surface area contributed by atoms with E-state index in [1.54, 1.807) is 0 Å². The minimum atomic E-state index is 0.519. The molecule has 0 aliphatic carbocycles. The fourth-order valence-electron chi connectivity index (χ4n) is 3.38. The van der Waals surface area contributed by atoms with E-state index in [4.69, 9.17) is 15.5 Å². The molecule has 4 rings (SSSR count). The Morgan fingerprint density at radius 2 is 1.97 bits per heavy atom. The predicted octanol–water partition coefficient (Wildman–Crippen LogP) is 6.42. The molecule has 3 N–H and O–H groups in total. The predicted molar refractivity (Wildman–Crippen MR) is 127 cm³/mol. The molecule has 0 fully saturated rings. The Kier molecular flexibility index (Phi) is 5.66. The quantitative estimate of drug-likeness (QED) is 0.292.